The lowest BCUT2D eigenvalue weighted by atomic mass is 10.0. The molecule has 0 aliphatic heterocycles. The maximum Gasteiger partial charge on any atom is 0.243 e. The van der Waals surface area contributed by atoms with Crippen LogP contribution in [0.15, 0.2) is 88.2 Å². The summed E-state index contributed by atoms with van der Waals surface area (Å²) >= 11 is 10.9. The molecule has 0 fully saturated rings. The van der Waals surface area contributed by atoms with Crippen LogP contribution >= 0.6 is 39.3 Å². The van der Waals surface area contributed by atoms with Crippen LogP contribution in [0.4, 0.5) is 0 Å². The zero-order valence-electron chi connectivity index (χ0n) is 18.3. The molecule has 33 heavy (non-hydrogen) atoms. The first-order chi connectivity index (χ1) is 16.0. The summed E-state index contributed by atoms with van der Waals surface area (Å²) in [7, 11) is 0. The van der Waals surface area contributed by atoms with Gasteiger partial charge in [-0.3, -0.25) is 9.59 Å². The fourth-order valence-corrected chi connectivity index (χ4v) is 4.57. The lowest BCUT2D eigenvalue weighted by Crippen LogP contribution is -2.51. The van der Waals surface area contributed by atoms with Crippen LogP contribution in [0.3, 0.4) is 0 Å². The van der Waals surface area contributed by atoms with Gasteiger partial charge in [0.25, 0.3) is 0 Å². The molecule has 0 aliphatic rings. The fraction of sp³-hybridized carbons (Fsp3) is 0.231. The Morgan fingerprint density at radius 3 is 2.27 bits per heavy atom. The molecule has 1 N–H and O–H groups in total. The molecule has 0 aromatic heterocycles. The lowest BCUT2D eigenvalue weighted by molar-refractivity contribution is -0.139. The number of hydrogen-bond donors (Lipinski definition) is 1. The van der Waals surface area contributed by atoms with E-state index in [0.29, 0.717) is 24.5 Å². The van der Waals surface area contributed by atoms with Crippen molar-refractivity contribution in [2.24, 2.45) is 0 Å². The van der Waals surface area contributed by atoms with Crippen LogP contribution in [0.5, 0.6) is 0 Å². The quantitative estimate of drug-likeness (QED) is 0.319. The highest BCUT2D eigenvalue weighted by molar-refractivity contribution is 9.10. The van der Waals surface area contributed by atoms with Gasteiger partial charge in [0.05, 0.1) is 5.75 Å². The number of rotatable bonds is 10. The number of amides is 2. The normalized spacial score (nSPS) is 11.6. The van der Waals surface area contributed by atoms with Crippen molar-refractivity contribution >= 4 is 51.1 Å². The van der Waals surface area contributed by atoms with Crippen molar-refractivity contribution in [2.45, 2.75) is 30.8 Å². The van der Waals surface area contributed by atoms with Crippen LogP contribution in [0.25, 0.3) is 0 Å². The number of nitrogens with one attached hydrogen (secondary N) is 1. The van der Waals surface area contributed by atoms with Crippen molar-refractivity contribution < 1.29 is 9.59 Å². The zero-order valence-corrected chi connectivity index (χ0v) is 21.5. The van der Waals surface area contributed by atoms with E-state index in [4.69, 9.17) is 11.6 Å². The lowest BCUT2D eigenvalue weighted by Gasteiger charge is -2.31. The fourth-order valence-electron chi connectivity index (χ4n) is 3.39. The molecule has 0 spiro atoms. The molecule has 1 atom stereocenters. The average molecular weight is 546 g/mol. The molecule has 0 heterocycles. The zero-order chi connectivity index (χ0) is 23.6. The standard InChI is InChI=1S/C26H26BrClN2O2S/c1-2-29-26(32)24(16-19-6-4-3-5-7-19)30(17-20-8-10-21(27)11-9-20)25(31)18-33-23-14-12-22(28)13-15-23/h3-15,24H,2,16-18H2,1H3,(H,29,32)/t24-/m1/s1. The van der Waals surface area contributed by atoms with Crippen molar-refractivity contribution in [1.82, 2.24) is 10.2 Å². The van der Waals surface area contributed by atoms with Gasteiger partial charge in [0.1, 0.15) is 6.04 Å². The second-order valence-corrected chi connectivity index (χ2v) is 9.89. The minimum atomic E-state index is -0.616. The van der Waals surface area contributed by atoms with E-state index in [0.717, 1.165) is 20.5 Å². The van der Waals surface area contributed by atoms with Gasteiger partial charge in [-0.25, -0.2) is 0 Å². The Hall–Kier alpha value is -2.28. The molecular weight excluding hydrogens is 520 g/mol. The van der Waals surface area contributed by atoms with Gasteiger partial charge in [-0.05, 0) is 54.4 Å². The first-order valence-electron chi connectivity index (χ1n) is 10.7. The third kappa shape index (κ3) is 7.91. The summed E-state index contributed by atoms with van der Waals surface area (Å²) in [4.78, 5) is 29.3. The SMILES string of the molecule is CCNC(=O)[C@@H](Cc1ccccc1)N(Cc1ccc(Br)cc1)C(=O)CSc1ccc(Cl)cc1. The molecule has 3 aromatic rings. The van der Waals surface area contributed by atoms with E-state index >= 15 is 0 Å². The number of halogens is 2. The molecule has 0 unspecified atom stereocenters. The maximum absolute atomic E-state index is 13.5. The van der Waals surface area contributed by atoms with Gasteiger partial charge in [-0.1, -0.05) is 70.0 Å². The molecule has 0 aliphatic carbocycles. The average Bonchev–Trinajstić information content (AvgIpc) is 2.82. The topological polar surface area (TPSA) is 49.4 Å². The highest BCUT2D eigenvalue weighted by Crippen LogP contribution is 2.23. The van der Waals surface area contributed by atoms with Gasteiger partial charge < -0.3 is 10.2 Å². The molecule has 7 heteroatoms. The van der Waals surface area contributed by atoms with Crippen LogP contribution < -0.4 is 5.32 Å². The van der Waals surface area contributed by atoms with Gasteiger partial charge in [-0.2, -0.15) is 0 Å². The van der Waals surface area contributed by atoms with Crippen LogP contribution in [0.2, 0.25) is 5.02 Å². The number of carbonyl (C=O) groups is 2. The van der Waals surface area contributed by atoms with E-state index in [1.165, 1.54) is 11.8 Å². The van der Waals surface area contributed by atoms with Crippen LogP contribution in [0.1, 0.15) is 18.1 Å². The Morgan fingerprint density at radius 1 is 0.970 bits per heavy atom. The van der Waals surface area contributed by atoms with E-state index in [1.807, 2.05) is 73.7 Å². The van der Waals surface area contributed by atoms with Gasteiger partial charge in [0, 0.05) is 33.9 Å². The third-order valence-electron chi connectivity index (χ3n) is 5.06. The van der Waals surface area contributed by atoms with Crippen molar-refractivity contribution in [1.29, 1.82) is 0 Å². The molecule has 0 radical (unpaired) electrons. The van der Waals surface area contributed by atoms with Crippen molar-refractivity contribution in [3.8, 4) is 0 Å². The summed E-state index contributed by atoms with van der Waals surface area (Å²) in [5.74, 6) is -0.0172. The summed E-state index contributed by atoms with van der Waals surface area (Å²) in [6.07, 6.45) is 0.445. The Morgan fingerprint density at radius 2 is 1.64 bits per heavy atom. The second-order valence-electron chi connectivity index (χ2n) is 7.49. The smallest absolute Gasteiger partial charge is 0.243 e. The second kappa shape index (κ2) is 12.8. The number of nitrogens with zero attached hydrogens (tertiary/aromatic N) is 1. The number of benzene rings is 3. The van der Waals surface area contributed by atoms with Crippen molar-refractivity contribution in [3.63, 3.8) is 0 Å². The van der Waals surface area contributed by atoms with E-state index in [2.05, 4.69) is 21.2 Å². The van der Waals surface area contributed by atoms with Crippen molar-refractivity contribution in [3.05, 3.63) is 99.5 Å². The summed E-state index contributed by atoms with van der Waals surface area (Å²) in [5, 5.41) is 3.57. The summed E-state index contributed by atoms with van der Waals surface area (Å²) in [6.45, 7) is 2.74. The summed E-state index contributed by atoms with van der Waals surface area (Å²) < 4.78 is 0.965. The Kier molecular flexibility index (Phi) is 9.85. The largest absolute Gasteiger partial charge is 0.355 e. The third-order valence-corrected chi connectivity index (χ3v) is 6.84. The first-order valence-corrected chi connectivity index (χ1v) is 12.9. The van der Waals surface area contributed by atoms with Crippen LogP contribution in [0, 0.1) is 0 Å². The Labute approximate surface area is 212 Å². The molecular formula is C26H26BrClN2O2S. The van der Waals surface area contributed by atoms with Crippen molar-refractivity contribution in [2.75, 3.05) is 12.3 Å². The molecule has 0 saturated carbocycles. The molecule has 172 valence electrons. The van der Waals surface area contributed by atoms with Gasteiger partial charge in [0.15, 0.2) is 0 Å². The number of hydrogen-bond acceptors (Lipinski definition) is 3. The first kappa shape index (κ1) is 25.3. The van der Waals surface area contributed by atoms with Crippen LogP contribution in [-0.4, -0.2) is 35.1 Å². The van der Waals surface area contributed by atoms with Gasteiger partial charge in [0.2, 0.25) is 11.8 Å². The molecule has 3 rings (SSSR count). The maximum atomic E-state index is 13.5. The highest BCUT2D eigenvalue weighted by atomic mass is 79.9. The van der Waals surface area contributed by atoms with Gasteiger partial charge in [-0.15, -0.1) is 11.8 Å². The summed E-state index contributed by atoms with van der Waals surface area (Å²) in [6, 6.07) is 24.4. The molecule has 3 aromatic carbocycles. The van der Waals surface area contributed by atoms with Crippen LogP contribution in [-0.2, 0) is 22.6 Å². The predicted molar refractivity (Wildman–Crippen MR) is 139 cm³/mol. The predicted octanol–water partition coefficient (Wildman–Crippen LogP) is 5.97. The number of likely N-dealkylation sites (N-methyl/N-ethyl adjacent to an activating group) is 1. The van der Waals surface area contributed by atoms with Gasteiger partial charge >= 0.3 is 0 Å². The molecule has 2 amide bonds. The summed E-state index contributed by atoms with van der Waals surface area (Å²) in [5.41, 5.74) is 1.97. The molecule has 0 bridgehead atoms. The Bertz CT molecular complexity index is 1050. The number of carbonyl (C=O) groups excluding carboxylic acids is 2. The molecule has 4 nitrogen and oxygen atoms in total. The van der Waals surface area contributed by atoms with E-state index < -0.39 is 6.04 Å². The minimum absolute atomic E-state index is 0.0925. The number of thioether (sulfide) groups is 1. The highest BCUT2D eigenvalue weighted by Gasteiger charge is 2.30. The minimum Gasteiger partial charge on any atom is -0.355 e. The van der Waals surface area contributed by atoms with E-state index in [-0.39, 0.29) is 17.6 Å². The molecule has 0 saturated heterocycles. The van der Waals surface area contributed by atoms with E-state index in [1.54, 1.807) is 17.0 Å². The monoisotopic (exact) mass is 544 g/mol. The Balaban J connectivity index is 1.87. The van der Waals surface area contributed by atoms with E-state index in [9.17, 15) is 9.59 Å².